The van der Waals surface area contributed by atoms with E-state index in [0.717, 1.165) is 31.7 Å². The first-order chi connectivity index (χ1) is 28.8. The summed E-state index contributed by atoms with van der Waals surface area (Å²) in [6, 6.07) is 28.8. The zero-order chi connectivity index (χ0) is 41.8. The molecular weight excluding hydrogens is 820 g/mol. The van der Waals surface area contributed by atoms with Gasteiger partial charge in [0.25, 0.3) is 0 Å². The van der Waals surface area contributed by atoms with Crippen LogP contribution in [-0.2, 0) is 32.8 Å². The molecule has 10 rings (SSSR count). The molecule has 6 atom stereocenters. The number of rotatable bonds is 7. The Morgan fingerprint density at radius 1 is 0.867 bits per heavy atom. The monoisotopic (exact) mass is 856 g/mol. The molecule has 302 valence electrons. The van der Waals surface area contributed by atoms with Gasteiger partial charge in [0, 0.05) is 45.4 Å². The van der Waals surface area contributed by atoms with Crippen molar-refractivity contribution in [2.45, 2.75) is 39.2 Å². The number of aromatic hydroxyl groups is 1. The third-order valence-electron chi connectivity index (χ3n) is 13.1. The maximum atomic E-state index is 15.3. The summed E-state index contributed by atoms with van der Waals surface area (Å²) in [7, 11) is 1.71. The Kier molecular flexibility index (Phi) is 9.09. The number of phenols is 1. The van der Waals surface area contributed by atoms with Crippen molar-refractivity contribution in [2.24, 2.45) is 36.1 Å². The van der Waals surface area contributed by atoms with Gasteiger partial charge < -0.3 is 9.84 Å². The number of anilines is 2. The van der Waals surface area contributed by atoms with Gasteiger partial charge in [0.05, 0.1) is 33.7 Å². The third kappa shape index (κ3) is 5.77. The number of phenolic OH excluding ortho intramolecular Hbond substituents is 1. The quantitative estimate of drug-likeness (QED) is 0.125. The molecular formula is C47H38Cl2N4O6S. The van der Waals surface area contributed by atoms with Crippen LogP contribution in [0.15, 0.2) is 109 Å². The molecule has 60 heavy (non-hydrogen) atoms. The Labute approximate surface area is 359 Å². The second kappa shape index (κ2) is 14.2. The molecule has 4 aliphatic rings. The zero-order valence-electron chi connectivity index (χ0n) is 32.8. The van der Waals surface area contributed by atoms with E-state index < -0.39 is 46.8 Å². The van der Waals surface area contributed by atoms with Crippen molar-refractivity contribution in [1.29, 1.82) is 0 Å². The number of allylic oxidation sites excluding steroid dienone is 2. The minimum atomic E-state index is -1.38. The van der Waals surface area contributed by atoms with Crippen LogP contribution in [0, 0.1) is 36.0 Å². The average Bonchev–Trinajstić information content (AvgIpc) is 3.91. The van der Waals surface area contributed by atoms with Crippen molar-refractivity contribution < 1.29 is 29.0 Å². The molecule has 2 aliphatic heterocycles. The van der Waals surface area contributed by atoms with E-state index in [9.17, 15) is 14.7 Å². The Bertz CT molecular complexity index is 2840. The molecule has 0 radical (unpaired) electrons. The smallest absolute Gasteiger partial charge is 0.242 e. The topological polar surface area (TPSA) is 122 Å². The normalized spacial score (nSPS) is 24.8. The lowest BCUT2D eigenvalue weighted by molar-refractivity contribution is -0.131. The van der Waals surface area contributed by atoms with Crippen LogP contribution < -0.4 is 14.5 Å². The van der Waals surface area contributed by atoms with Crippen molar-refractivity contribution in [3.8, 4) is 22.1 Å². The average molecular weight is 858 g/mol. The second-order valence-electron chi connectivity index (χ2n) is 16.4. The molecule has 3 fully saturated rings. The number of ether oxygens (including phenoxy) is 1. The lowest BCUT2D eigenvalue weighted by atomic mass is 9.51. The molecule has 0 bridgehead atoms. The summed E-state index contributed by atoms with van der Waals surface area (Å²) in [5.74, 6) is -4.60. The number of carbonyl (C=O) groups excluding carboxylic acids is 4. The van der Waals surface area contributed by atoms with Gasteiger partial charge in [-0.2, -0.15) is 5.10 Å². The summed E-state index contributed by atoms with van der Waals surface area (Å²) in [5.41, 5.74) is 2.79. The van der Waals surface area contributed by atoms with Crippen LogP contribution in [0.2, 0.25) is 10.0 Å². The van der Waals surface area contributed by atoms with Crippen LogP contribution in [0.3, 0.4) is 0 Å². The van der Waals surface area contributed by atoms with Gasteiger partial charge in [0.1, 0.15) is 29.6 Å². The molecule has 4 heterocycles. The summed E-state index contributed by atoms with van der Waals surface area (Å²) in [6.45, 7) is 4.08. The van der Waals surface area contributed by atoms with E-state index in [1.54, 1.807) is 72.5 Å². The largest absolute Gasteiger partial charge is 0.508 e. The predicted molar refractivity (Wildman–Crippen MR) is 231 cm³/mol. The first kappa shape index (κ1) is 38.5. The Morgan fingerprint density at radius 2 is 1.62 bits per heavy atom. The van der Waals surface area contributed by atoms with Crippen molar-refractivity contribution >= 4 is 79.8 Å². The van der Waals surface area contributed by atoms with Gasteiger partial charge in [0.2, 0.25) is 23.6 Å². The number of thiophene rings is 1. The Balaban J connectivity index is 1.06. The lowest BCUT2D eigenvalue weighted by Gasteiger charge is -2.49. The summed E-state index contributed by atoms with van der Waals surface area (Å²) >= 11 is 14.1. The van der Waals surface area contributed by atoms with E-state index >= 15 is 9.59 Å². The SMILES string of the molecule is Cc1c(-c2cc(N3C(=O)[C@@H]4C[C@@H]5C(=CC[C@@H]6C(=O)N(c7ccc(Cl)cc7)C(=O)[C@@H]65)[C@H](c5ccc(OCc6ccccc6)cc5O)[C@]4(C)C3=O)n(C)n2)sc2ccc(Cl)cc12. The minimum Gasteiger partial charge on any atom is -0.508 e. The summed E-state index contributed by atoms with van der Waals surface area (Å²) in [5, 5.41) is 18.8. The summed E-state index contributed by atoms with van der Waals surface area (Å²) < 4.78 is 8.65. The first-order valence-electron chi connectivity index (χ1n) is 19.8. The summed E-state index contributed by atoms with van der Waals surface area (Å²) in [4.78, 5) is 62.3. The third-order valence-corrected chi connectivity index (χ3v) is 14.9. The van der Waals surface area contributed by atoms with Crippen LogP contribution in [0.4, 0.5) is 11.5 Å². The number of benzene rings is 4. The minimum absolute atomic E-state index is 0.104. The van der Waals surface area contributed by atoms with Crippen molar-refractivity contribution in [3.63, 3.8) is 0 Å². The molecule has 13 heteroatoms. The maximum absolute atomic E-state index is 15.3. The number of amides is 4. The fourth-order valence-corrected chi connectivity index (χ4v) is 11.7. The maximum Gasteiger partial charge on any atom is 0.242 e. The van der Waals surface area contributed by atoms with Crippen molar-refractivity contribution in [3.05, 3.63) is 135 Å². The molecule has 2 aromatic heterocycles. The molecule has 0 spiro atoms. The van der Waals surface area contributed by atoms with Crippen LogP contribution in [0.5, 0.6) is 11.5 Å². The molecule has 0 unspecified atom stereocenters. The van der Waals surface area contributed by atoms with Gasteiger partial charge in [-0.1, -0.05) is 71.2 Å². The number of imide groups is 2. The highest BCUT2D eigenvalue weighted by atomic mass is 35.5. The number of carbonyl (C=O) groups is 4. The molecule has 2 aliphatic carbocycles. The van der Waals surface area contributed by atoms with Crippen LogP contribution in [0.25, 0.3) is 20.7 Å². The number of halogens is 2. The van der Waals surface area contributed by atoms with Gasteiger partial charge in [-0.3, -0.25) is 28.8 Å². The van der Waals surface area contributed by atoms with Gasteiger partial charge in [0.15, 0.2) is 0 Å². The number of nitrogens with zero attached hydrogens (tertiary/aromatic N) is 4. The fraction of sp³-hybridized carbons (Fsp3) is 0.255. The van der Waals surface area contributed by atoms with E-state index in [4.69, 9.17) is 33.0 Å². The number of fused-ring (bicyclic) bond motifs is 5. The van der Waals surface area contributed by atoms with Gasteiger partial charge in [-0.15, -0.1) is 11.3 Å². The highest BCUT2D eigenvalue weighted by molar-refractivity contribution is 7.22. The number of aryl methyl sites for hydroxylation is 2. The predicted octanol–water partition coefficient (Wildman–Crippen LogP) is 9.64. The zero-order valence-corrected chi connectivity index (χ0v) is 35.1. The van der Waals surface area contributed by atoms with Crippen molar-refractivity contribution in [1.82, 2.24) is 9.78 Å². The van der Waals surface area contributed by atoms with E-state index in [1.165, 1.54) is 15.9 Å². The Morgan fingerprint density at radius 3 is 2.37 bits per heavy atom. The van der Waals surface area contributed by atoms with Crippen LogP contribution in [0.1, 0.15) is 42.4 Å². The highest BCUT2D eigenvalue weighted by Gasteiger charge is 2.68. The van der Waals surface area contributed by atoms with E-state index in [-0.39, 0.29) is 37.0 Å². The molecule has 1 N–H and O–H groups in total. The molecule has 1 saturated carbocycles. The first-order valence-corrected chi connectivity index (χ1v) is 21.4. The van der Waals surface area contributed by atoms with Gasteiger partial charge in [-0.25, -0.2) is 4.90 Å². The fourth-order valence-electron chi connectivity index (χ4n) is 10.2. The van der Waals surface area contributed by atoms with Gasteiger partial charge in [-0.05, 0) is 97.7 Å². The van der Waals surface area contributed by atoms with E-state index in [0.29, 0.717) is 38.6 Å². The molecule has 10 nitrogen and oxygen atoms in total. The standard InChI is InChI=1S/C47H38Cl2N4O6S/c1-24-33-19-27(49)11-18-38(33)60-42(24)36-22-39(51(3)50-36)53-44(56)35-21-34-30(16-17-32-40(34)45(57)52(43(32)55)28-12-9-26(48)10-13-28)41(47(35,2)46(53)58)31-15-14-29(20-37(31)54)59-23-25-7-5-4-6-8-25/h4-16,18-20,22,32,34-35,40-41,54H,17,21,23H2,1-3H3/t32-,34+,35-,40-,41+,47+/m0/s1. The number of hydrogen-bond acceptors (Lipinski definition) is 8. The van der Waals surface area contributed by atoms with E-state index in [1.807, 2.05) is 61.5 Å². The Hall–Kier alpha value is -5.75. The lowest BCUT2D eigenvalue weighted by Crippen LogP contribution is -2.49. The molecule has 4 aromatic carbocycles. The molecule has 4 amide bonds. The molecule has 2 saturated heterocycles. The highest BCUT2D eigenvalue weighted by Crippen LogP contribution is 2.64. The number of aromatic nitrogens is 2. The number of hydrogen-bond donors (Lipinski definition) is 1. The summed E-state index contributed by atoms with van der Waals surface area (Å²) in [6.07, 6.45) is 2.39. The second-order valence-corrected chi connectivity index (χ2v) is 18.3. The van der Waals surface area contributed by atoms with Crippen LogP contribution >= 0.6 is 34.5 Å². The van der Waals surface area contributed by atoms with E-state index in [2.05, 4.69) is 0 Å². The molecule has 6 aromatic rings. The van der Waals surface area contributed by atoms with Crippen molar-refractivity contribution in [2.75, 3.05) is 9.80 Å². The van der Waals surface area contributed by atoms with Crippen LogP contribution in [-0.4, -0.2) is 38.5 Å². The van der Waals surface area contributed by atoms with Gasteiger partial charge >= 0.3 is 0 Å².